The van der Waals surface area contributed by atoms with E-state index in [1.165, 1.54) is 24.3 Å². The van der Waals surface area contributed by atoms with Crippen molar-refractivity contribution in [3.63, 3.8) is 0 Å². The lowest BCUT2D eigenvalue weighted by atomic mass is 9.87. The molecule has 1 heterocycles. The third-order valence-electron chi connectivity index (χ3n) is 7.60. The lowest BCUT2D eigenvalue weighted by molar-refractivity contribution is 0.0713. The van der Waals surface area contributed by atoms with Crippen LogP contribution < -0.4 is 0 Å². The first-order valence-corrected chi connectivity index (χ1v) is 13.8. The summed E-state index contributed by atoms with van der Waals surface area (Å²) in [6.07, 6.45) is 1.51. The number of amides is 1. The number of halogens is 2. The molecule has 6 heteroatoms. The van der Waals surface area contributed by atoms with Gasteiger partial charge in [-0.15, -0.1) is 0 Å². The smallest absolute Gasteiger partial charge is 0.410 e. The normalized spacial score (nSPS) is 13.9. The molecule has 0 N–H and O–H groups in total. The highest BCUT2D eigenvalue weighted by molar-refractivity contribution is 5.70. The number of hydrogen-bond acceptors (Lipinski definition) is 3. The number of benzene rings is 4. The monoisotopic (exact) mass is 540 g/mol. The molecule has 0 atom stereocenters. The lowest BCUT2D eigenvalue weighted by Gasteiger charge is -2.34. The average Bonchev–Trinajstić information content (AvgIpc) is 3.00. The summed E-state index contributed by atoms with van der Waals surface area (Å²) < 4.78 is 32.7. The van der Waals surface area contributed by atoms with E-state index in [-0.39, 0.29) is 30.3 Å². The number of carbonyl (C=O) groups excluding carboxylic acids is 1. The molecule has 1 aliphatic heterocycles. The van der Waals surface area contributed by atoms with Crippen molar-refractivity contribution in [2.45, 2.75) is 25.4 Å². The quantitative estimate of drug-likeness (QED) is 0.220. The van der Waals surface area contributed by atoms with Crippen LogP contribution in [0.4, 0.5) is 13.6 Å². The van der Waals surface area contributed by atoms with E-state index < -0.39 is 0 Å². The Morgan fingerprint density at radius 3 is 1.93 bits per heavy atom. The minimum absolute atomic E-state index is 0.0660. The predicted molar refractivity (Wildman–Crippen MR) is 154 cm³/mol. The molecule has 4 nitrogen and oxygen atoms in total. The van der Waals surface area contributed by atoms with Crippen LogP contribution in [0.5, 0.6) is 0 Å². The fourth-order valence-electron chi connectivity index (χ4n) is 5.37. The summed E-state index contributed by atoms with van der Waals surface area (Å²) in [5.74, 6) is -0.465. The number of rotatable bonds is 9. The Morgan fingerprint density at radius 1 is 0.725 bits per heavy atom. The zero-order chi connectivity index (χ0) is 27.7. The van der Waals surface area contributed by atoms with Crippen LogP contribution in [0.2, 0.25) is 0 Å². The van der Waals surface area contributed by atoms with Crippen molar-refractivity contribution in [3.8, 4) is 11.1 Å². The van der Waals surface area contributed by atoms with Crippen molar-refractivity contribution in [3.05, 3.63) is 131 Å². The summed E-state index contributed by atoms with van der Waals surface area (Å²) in [6, 6.07) is 31.3. The van der Waals surface area contributed by atoms with E-state index in [1.54, 1.807) is 4.90 Å². The van der Waals surface area contributed by atoms with Gasteiger partial charge in [-0.1, -0.05) is 78.9 Å². The average molecular weight is 541 g/mol. The van der Waals surface area contributed by atoms with Gasteiger partial charge in [0.2, 0.25) is 0 Å². The third-order valence-corrected chi connectivity index (χ3v) is 7.60. The molecule has 0 unspecified atom stereocenters. The first-order chi connectivity index (χ1) is 19.6. The highest BCUT2D eigenvalue weighted by Crippen LogP contribution is 2.30. The van der Waals surface area contributed by atoms with E-state index in [2.05, 4.69) is 17.0 Å². The SMILES string of the molecule is O=C(OCc1ccccc1-c1ccccc1)N1CCN(CCCC(c2ccc(F)cc2)c2ccc(F)cc2)CC1. The van der Waals surface area contributed by atoms with Crippen LogP contribution in [0.25, 0.3) is 11.1 Å². The molecule has 0 saturated carbocycles. The first kappa shape index (κ1) is 27.5. The van der Waals surface area contributed by atoms with E-state index in [4.69, 9.17) is 4.74 Å². The second kappa shape index (κ2) is 13.4. The molecule has 1 aliphatic rings. The number of piperazine rings is 1. The molecular weight excluding hydrogens is 506 g/mol. The summed E-state index contributed by atoms with van der Waals surface area (Å²) in [7, 11) is 0. The Hall–Kier alpha value is -4.03. The van der Waals surface area contributed by atoms with Gasteiger partial charge < -0.3 is 9.64 Å². The van der Waals surface area contributed by atoms with Gasteiger partial charge in [0, 0.05) is 32.1 Å². The van der Waals surface area contributed by atoms with Crippen LogP contribution in [0.3, 0.4) is 0 Å². The summed E-state index contributed by atoms with van der Waals surface area (Å²) in [4.78, 5) is 17.0. The summed E-state index contributed by atoms with van der Waals surface area (Å²) in [6.45, 7) is 3.95. The maximum atomic E-state index is 13.5. The van der Waals surface area contributed by atoms with Crippen LogP contribution >= 0.6 is 0 Å². The molecule has 4 aromatic carbocycles. The maximum Gasteiger partial charge on any atom is 0.410 e. The topological polar surface area (TPSA) is 32.8 Å². The number of hydrogen-bond donors (Lipinski definition) is 0. The Kier molecular flexibility index (Phi) is 9.19. The highest BCUT2D eigenvalue weighted by Gasteiger charge is 2.23. The van der Waals surface area contributed by atoms with Crippen LogP contribution in [-0.4, -0.2) is 48.6 Å². The van der Waals surface area contributed by atoms with Crippen molar-refractivity contribution in [1.29, 1.82) is 0 Å². The van der Waals surface area contributed by atoms with Gasteiger partial charge in [-0.05, 0) is 71.5 Å². The predicted octanol–water partition coefficient (Wildman–Crippen LogP) is 7.50. The van der Waals surface area contributed by atoms with Gasteiger partial charge in [0.1, 0.15) is 18.2 Å². The number of carbonyl (C=O) groups is 1. The van der Waals surface area contributed by atoms with Gasteiger partial charge in [-0.2, -0.15) is 0 Å². The van der Waals surface area contributed by atoms with E-state index in [0.717, 1.165) is 60.3 Å². The fraction of sp³-hybridized carbons (Fsp3) is 0.265. The zero-order valence-corrected chi connectivity index (χ0v) is 22.5. The molecule has 206 valence electrons. The molecule has 40 heavy (non-hydrogen) atoms. The molecule has 1 saturated heterocycles. The van der Waals surface area contributed by atoms with E-state index in [1.807, 2.05) is 66.7 Å². The Morgan fingerprint density at radius 2 is 1.30 bits per heavy atom. The van der Waals surface area contributed by atoms with E-state index in [9.17, 15) is 13.6 Å². The number of ether oxygens (including phenoxy) is 1. The van der Waals surface area contributed by atoms with Crippen LogP contribution in [0, 0.1) is 11.6 Å². The lowest BCUT2D eigenvalue weighted by Crippen LogP contribution is -2.49. The van der Waals surface area contributed by atoms with Crippen molar-refractivity contribution in [2.75, 3.05) is 32.7 Å². The summed E-state index contributed by atoms with van der Waals surface area (Å²) >= 11 is 0. The van der Waals surface area contributed by atoms with Crippen molar-refractivity contribution in [1.82, 2.24) is 9.80 Å². The zero-order valence-electron chi connectivity index (χ0n) is 22.5. The minimum Gasteiger partial charge on any atom is -0.445 e. The second-order valence-corrected chi connectivity index (χ2v) is 10.2. The largest absolute Gasteiger partial charge is 0.445 e. The molecule has 1 fully saturated rings. The fourth-order valence-corrected chi connectivity index (χ4v) is 5.37. The molecule has 5 rings (SSSR count). The minimum atomic E-state index is -0.282. The molecule has 0 bridgehead atoms. The van der Waals surface area contributed by atoms with Crippen LogP contribution in [0.15, 0.2) is 103 Å². The molecule has 0 spiro atoms. The standard InChI is InChI=1S/C34H34F2N2O2/c35-30-16-12-27(13-17-30)32(28-14-18-31(36)19-15-28)11-6-20-37-21-23-38(24-22-37)34(39)40-25-29-9-4-5-10-33(29)26-7-2-1-3-8-26/h1-5,7-10,12-19,32H,6,11,20-25H2. The van der Waals surface area contributed by atoms with Crippen molar-refractivity contribution < 1.29 is 18.3 Å². The third kappa shape index (κ3) is 7.13. The maximum absolute atomic E-state index is 13.5. The van der Waals surface area contributed by atoms with E-state index >= 15 is 0 Å². The van der Waals surface area contributed by atoms with E-state index in [0.29, 0.717) is 13.1 Å². The molecule has 4 aromatic rings. The van der Waals surface area contributed by atoms with Gasteiger partial charge in [-0.25, -0.2) is 13.6 Å². The first-order valence-electron chi connectivity index (χ1n) is 13.8. The molecule has 0 aliphatic carbocycles. The molecule has 0 radical (unpaired) electrons. The van der Waals surface area contributed by atoms with Gasteiger partial charge >= 0.3 is 6.09 Å². The van der Waals surface area contributed by atoms with Gasteiger partial charge in [0.25, 0.3) is 0 Å². The van der Waals surface area contributed by atoms with Crippen molar-refractivity contribution >= 4 is 6.09 Å². The summed E-state index contributed by atoms with van der Waals surface area (Å²) in [5, 5.41) is 0. The molecule has 1 amide bonds. The Labute approximate surface area is 234 Å². The summed E-state index contributed by atoms with van der Waals surface area (Å²) in [5.41, 5.74) is 5.20. The van der Waals surface area contributed by atoms with Gasteiger partial charge in [-0.3, -0.25) is 4.90 Å². The van der Waals surface area contributed by atoms with Crippen LogP contribution in [-0.2, 0) is 11.3 Å². The number of nitrogens with zero attached hydrogens (tertiary/aromatic N) is 2. The van der Waals surface area contributed by atoms with Gasteiger partial charge in [0.15, 0.2) is 0 Å². The van der Waals surface area contributed by atoms with Gasteiger partial charge in [0.05, 0.1) is 0 Å². The highest BCUT2D eigenvalue weighted by atomic mass is 19.1. The molecule has 0 aromatic heterocycles. The Balaban J connectivity index is 1.10. The second-order valence-electron chi connectivity index (χ2n) is 10.2. The Bertz CT molecular complexity index is 1320. The van der Waals surface area contributed by atoms with Crippen LogP contribution in [0.1, 0.15) is 35.4 Å². The van der Waals surface area contributed by atoms with Crippen molar-refractivity contribution in [2.24, 2.45) is 0 Å². The molecular formula is C34H34F2N2O2.